The third-order valence-electron chi connectivity index (χ3n) is 2.67. The smallest absolute Gasteiger partial charge is 0.238 e. The van der Waals surface area contributed by atoms with Crippen LogP contribution in [0.4, 0.5) is 0 Å². The number of halogens is 3. The summed E-state index contributed by atoms with van der Waals surface area (Å²) in [6.45, 7) is 0.596. The van der Waals surface area contributed by atoms with Crippen molar-refractivity contribution in [1.82, 2.24) is 10.6 Å². The monoisotopic (exact) mass is 340 g/mol. The van der Waals surface area contributed by atoms with Crippen LogP contribution in [-0.4, -0.2) is 30.1 Å². The Morgan fingerprint density at radius 3 is 2.63 bits per heavy atom. The molecule has 7 heteroatoms. The maximum absolute atomic E-state index is 11.7. The minimum Gasteiger partial charge on any atom is -0.354 e. The van der Waals surface area contributed by atoms with Gasteiger partial charge in [-0.25, -0.2) is 0 Å². The largest absolute Gasteiger partial charge is 0.354 e. The lowest BCUT2D eigenvalue weighted by Gasteiger charge is -2.10. The van der Waals surface area contributed by atoms with Crippen LogP contribution in [-0.2, 0) is 11.2 Å². The Morgan fingerprint density at radius 2 is 2.05 bits per heavy atom. The number of nitrogens with one attached hydrogen (secondary N) is 2. The zero-order chi connectivity index (χ0) is 13.0. The molecule has 1 unspecified atom stereocenters. The van der Waals surface area contributed by atoms with E-state index in [0.717, 1.165) is 23.6 Å². The first kappa shape index (κ1) is 16.9. The zero-order valence-electron chi connectivity index (χ0n) is 10.1. The summed E-state index contributed by atoms with van der Waals surface area (Å²) in [5.74, 6) is 1.75. The zero-order valence-corrected chi connectivity index (χ0v) is 13.3. The Balaban J connectivity index is 0.00000180. The molecule has 0 radical (unpaired) electrons. The molecule has 1 aromatic carbocycles. The van der Waals surface area contributed by atoms with Crippen LogP contribution in [0, 0.1) is 0 Å². The van der Waals surface area contributed by atoms with E-state index in [-0.39, 0.29) is 24.4 Å². The van der Waals surface area contributed by atoms with Crippen molar-refractivity contribution in [2.75, 3.05) is 18.2 Å². The summed E-state index contributed by atoms with van der Waals surface area (Å²) < 4.78 is 0. The molecule has 2 N–H and O–H groups in total. The van der Waals surface area contributed by atoms with Gasteiger partial charge in [0.1, 0.15) is 0 Å². The van der Waals surface area contributed by atoms with Crippen LogP contribution in [0.25, 0.3) is 0 Å². The molecule has 0 aliphatic carbocycles. The summed E-state index contributed by atoms with van der Waals surface area (Å²) in [5.41, 5.74) is 1.03. The molecule has 0 aromatic heterocycles. The van der Waals surface area contributed by atoms with Crippen LogP contribution in [0.5, 0.6) is 0 Å². The van der Waals surface area contributed by atoms with Gasteiger partial charge in [-0.3, -0.25) is 10.1 Å². The lowest BCUT2D eigenvalue weighted by molar-refractivity contribution is -0.122. The highest BCUT2D eigenvalue weighted by molar-refractivity contribution is 7.99. The SMILES string of the molecule is Cl.O=C(NCCc1cc(Cl)cc(Cl)c1)C1CSCN1. The summed E-state index contributed by atoms with van der Waals surface area (Å²) in [6.07, 6.45) is 0.728. The number of hydrogen-bond acceptors (Lipinski definition) is 3. The van der Waals surface area contributed by atoms with Gasteiger partial charge in [-0.2, -0.15) is 0 Å². The maximum Gasteiger partial charge on any atom is 0.238 e. The highest BCUT2D eigenvalue weighted by Gasteiger charge is 2.21. The number of carbonyl (C=O) groups is 1. The van der Waals surface area contributed by atoms with E-state index in [2.05, 4.69) is 10.6 Å². The second kappa shape index (κ2) is 8.22. The van der Waals surface area contributed by atoms with E-state index in [1.807, 2.05) is 12.1 Å². The number of thioether (sulfide) groups is 1. The third kappa shape index (κ3) is 5.40. The number of rotatable bonds is 4. The predicted molar refractivity (Wildman–Crippen MR) is 84.7 cm³/mol. The van der Waals surface area contributed by atoms with Gasteiger partial charge in [-0.05, 0) is 30.2 Å². The molecular formula is C12H15Cl3N2OS. The van der Waals surface area contributed by atoms with E-state index in [0.29, 0.717) is 16.6 Å². The van der Waals surface area contributed by atoms with Gasteiger partial charge in [-0.15, -0.1) is 24.2 Å². The predicted octanol–water partition coefficient (Wildman–Crippen LogP) is 2.74. The Bertz CT molecular complexity index is 419. The standard InChI is InChI=1S/C12H14Cl2N2OS.ClH/c13-9-3-8(4-10(14)5-9)1-2-15-12(17)11-6-18-7-16-11;/h3-5,11,16H,1-2,6-7H2,(H,15,17);1H. The van der Waals surface area contributed by atoms with E-state index in [9.17, 15) is 4.79 Å². The lowest BCUT2D eigenvalue weighted by atomic mass is 10.1. The quantitative estimate of drug-likeness (QED) is 0.885. The van der Waals surface area contributed by atoms with Gasteiger partial charge in [0.05, 0.1) is 6.04 Å². The van der Waals surface area contributed by atoms with E-state index in [1.54, 1.807) is 17.8 Å². The number of benzene rings is 1. The molecule has 1 aliphatic rings. The van der Waals surface area contributed by atoms with Crippen LogP contribution < -0.4 is 10.6 Å². The second-order valence-corrected chi connectivity index (χ2v) is 5.99. The first-order valence-electron chi connectivity index (χ1n) is 5.69. The molecule has 1 heterocycles. The Hall–Kier alpha value is -0.130. The van der Waals surface area contributed by atoms with Crippen LogP contribution >= 0.6 is 47.4 Å². The van der Waals surface area contributed by atoms with Gasteiger partial charge in [0.25, 0.3) is 0 Å². The molecule has 1 aromatic rings. The van der Waals surface area contributed by atoms with Crippen molar-refractivity contribution in [3.8, 4) is 0 Å². The molecule has 1 fully saturated rings. The Kier molecular flexibility index (Phi) is 7.32. The number of carbonyl (C=O) groups excluding carboxylic acids is 1. The van der Waals surface area contributed by atoms with Crippen LogP contribution in [0.1, 0.15) is 5.56 Å². The molecule has 1 saturated heterocycles. The van der Waals surface area contributed by atoms with Gasteiger partial charge in [-0.1, -0.05) is 23.2 Å². The average Bonchev–Trinajstić information content (AvgIpc) is 2.80. The molecular weight excluding hydrogens is 327 g/mol. The average molecular weight is 342 g/mol. The van der Waals surface area contributed by atoms with Crippen molar-refractivity contribution >= 4 is 53.3 Å². The fourth-order valence-electron chi connectivity index (χ4n) is 1.77. The van der Waals surface area contributed by atoms with Crippen LogP contribution in [0.2, 0.25) is 10.0 Å². The fourth-order valence-corrected chi connectivity index (χ4v) is 3.29. The second-order valence-electron chi connectivity index (χ2n) is 4.09. The molecule has 2 rings (SSSR count). The number of amides is 1. The van der Waals surface area contributed by atoms with Gasteiger partial charge in [0.15, 0.2) is 0 Å². The van der Waals surface area contributed by atoms with Gasteiger partial charge >= 0.3 is 0 Å². The van der Waals surface area contributed by atoms with E-state index < -0.39 is 0 Å². The maximum atomic E-state index is 11.7. The Labute approximate surface area is 133 Å². The minimum atomic E-state index is -0.0575. The van der Waals surface area contributed by atoms with E-state index in [1.165, 1.54) is 0 Å². The molecule has 1 aliphatic heterocycles. The van der Waals surface area contributed by atoms with Crippen molar-refractivity contribution in [3.63, 3.8) is 0 Å². The van der Waals surface area contributed by atoms with Crippen molar-refractivity contribution in [3.05, 3.63) is 33.8 Å². The summed E-state index contributed by atoms with van der Waals surface area (Å²) in [5, 5.41) is 7.29. The normalized spacial score (nSPS) is 17.9. The molecule has 0 spiro atoms. The van der Waals surface area contributed by atoms with E-state index in [4.69, 9.17) is 23.2 Å². The molecule has 3 nitrogen and oxygen atoms in total. The number of hydrogen-bond donors (Lipinski definition) is 2. The summed E-state index contributed by atoms with van der Waals surface area (Å²) >= 11 is 13.6. The molecule has 0 bridgehead atoms. The van der Waals surface area contributed by atoms with Gasteiger partial charge in [0, 0.05) is 28.2 Å². The third-order valence-corrected chi connectivity index (χ3v) is 4.04. The highest BCUT2D eigenvalue weighted by atomic mass is 35.5. The van der Waals surface area contributed by atoms with Gasteiger partial charge in [0.2, 0.25) is 5.91 Å². The van der Waals surface area contributed by atoms with Crippen LogP contribution in [0.3, 0.4) is 0 Å². The van der Waals surface area contributed by atoms with Gasteiger partial charge < -0.3 is 5.32 Å². The highest BCUT2D eigenvalue weighted by Crippen LogP contribution is 2.19. The lowest BCUT2D eigenvalue weighted by Crippen LogP contribution is -2.42. The molecule has 0 saturated carbocycles. The first-order chi connectivity index (χ1) is 8.65. The van der Waals surface area contributed by atoms with E-state index >= 15 is 0 Å². The fraction of sp³-hybridized carbons (Fsp3) is 0.417. The molecule has 1 atom stereocenters. The molecule has 106 valence electrons. The molecule has 1 amide bonds. The summed E-state index contributed by atoms with van der Waals surface area (Å²) in [6, 6.07) is 5.37. The summed E-state index contributed by atoms with van der Waals surface area (Å²) in [7, 11) is 0. The minimum absolute atomic E-state index is 0. The molecule has 19 heavy (non-hydrogen) atoms. The first-order valence-corrected chi connectivity index (χ1v) is 7.60. The van der Waals surface area contributed by atoms with Crippen molar-refractivity contribution in [1.29, 1.82) is 0 Å². The Morgan fingerprint density at radius 1 is 1.37 bits per heavy atom. The topological polar surface area (TPSA) is 41.1 Å². The summed E-state index contributed by atoms with van der Waals surface area (Å²) in [4.78, 5) is 11.7. The van der Waals surface area contributed by atoms with Crippen LogP contribution in [0.15, 0.2) is 18.2 Å². The van der Waals surface area contributed by atoms with Crippen molar-refractivity contribution in [2.24, 2.45) is 0 Å². The van der Waals surface area contributed by atoms with Crippen molar-refractivity contribution < 1.29 is 4.79 Å². The van der Waals surface area contributed by atoms with Crippen molar-refractivity contribution in [2.45, 2.75) is 12.5 Å².